The minimum absolute atomic E-state index is 0.623. The number of hydrogen-bond donors (Lipinski definition) is 0. The molecule has 0 aliphatic carbocycles. The van der Waals surface area contributed by atoms with E-state index >= 15 is 0 Å². The average Bonchev–Trinajstić information content (AvgIpc) is 1.64. The van der Waals surface area contributed by atoms with E-state index in [2.05, 4.69) is 6.07 Å². The quantitative estimate of drug-likeness (QED) is 0.527. The van der Waals surface area contributed by atoms with Gasteiger partial charge in [0.25, 0.3) is 0 Å². The normalized spacial score (nSPS) is 9.25. The van der Waals surface area contributed by atoms with Crippen molar-refractivity contribution < 1.29 is 0 Å². The zero-order chi connectivity index (χ0) is 5.98. The molecule has 0 unspecified atom stereocenters. The van der Waals surface area contributed by atoms with Crippen LogP contribution in [0.15, 0.2) is 18.2 Å². The van der Waals surface area contributed by atoms with Crippen LogP contribution in [0.2, 0.25) is 10.0 Å². The van der Waals surface area contributed by atoms with Crippen molar-refractivity contribution in [2.75, 3.05) is 0 Å². The van der Waals surface area contributed by atoms with E-state index in [0.29, 0.717) is 10.0 Å². The minimum atomic E-state index is 0.623. The Balaban J connectivity index is 3.08. The van der Waals surface area contributed by atoms with E-state index < -0.39 is 0 Å². The molecular weight excluding hydrogens is 143 g/mol. The number of rotatable bonds is 0. The summed E-state index contributed by atoms with van der Waals surface area (Å²) in [5.74, 6) is 0. The fourth-order valence-corrected chi connectivity index (χ4v) is 0.833. The van der Waals surface area contributed by atoms with Crippen LogP contribution in [-0.4, -0.2) is 0 Å². The maximum Gasteiger partial charge on any atom is 0.0426 e. The van der Waals surface area contributed by atoms with Gasteiger partial charge in [0.1, 0.15) is 0 Å². The molecule has 0 aromatic heterocycles. The highest BCUT2D eigenvalue weighted by atomic mass is 35.5. The molecule has 8 heavy (non-hydrogen) atoms. The third-order valence-corrected chi connectivity index (χ3v) is 1.15. The standard InChI is InChI=1S/C6H3Cl2/c7-5-2-1-3-6(8)4-5/h2-4H. The van der Waals surface area contributed by atoms with Crippen molar-refractivity contribution >= 4 is 23.2 Å². The summed E-state index contributed by atoms with van der Waals surface area (Å²) in [5.41, 5.74) is 0. The smallest absolute Gasteiger partial charge is 0.0426 e. The van der Waals surface area contributed by atoms with Gasteiger partial charge in [-0.2, -0.15) is 0 Å². The Labute approximate surface area is 58.0 Å². The third-order valence-electron chi connectivity index (χ3n) is 0.718. The molecule has 0 saturated carbocycles. The minimum Gasteiger partial charge on any atom is -0.0843 e. The molecule has 0 aliphatic heterocycles. The second-order valence-corrected chi connectivity index (χ2v) is 2.24. The molecule has 1 rings (SSSR count). The Hall–Kier alpha value is -0.200. The van der Waals surface area contributed by atoms with Crippen LogP contribution < -0.4 is 0 Å². The Bertz CT molecular complexity index is 166. The van der Waals surface area contributed by atoms with Crippen molar-refractivity contribution in [2.24, 2.45) is 0 Å². The Morgan fingerprint density at radius 3 is 1.88 bits per heavy atom. The summed E-state index contributed by atoms with van der Waals surface area (Å²) in [6, 6.07) is 7.75. The molecule has 2 heteroatoms. The van der Waals surface area contributed by atoms with Crippen molar-refractivity contribution in [1.82, 2.24) is 0 Å². The Kier molecular flexibility index (Phi) is 1.77. The van der Waals surface area contributed by atoms with E-state index in [4.69, 9.17) is 23.2 Å². The second-order valence-electron chi connectivity index (χ2n) is 1.37. The lowest BCUT2D eigenvalue weighted by Crippen LogP contribution is -1.61. The lowest BCUT2D eigenvalue weighted by molar-refractivity contribution is 1.69. The summed E-state index contributed by atoms with van der Waals surface area (Å²) >= 11 is 11.1. The summed E-state index contributed by atoms with van der Waals surface area (Å²) in [5, 5.41) is 1.25. The monoisotopic (exact) mass is 145 g/mol. The van der Waals surface area contributed by atoms with Gasteiger partial charge in [-0.25, -0.2) is 0 Å². The molecule has 0 saturated heterocycles. The van der Waals surface area contributed by atoms with E-state index in [9.17, 15) is 0 Å². The highest BCUT2D eigenvalue weighted by Gasteiger charge is 1.85. The molecule has 0 nitrogen and oxygen atoms in total. The summed E-state index contributed by atoms with van der Waals surface area (Å²) in [7, 11) is 0. The van der Waals surface area contributed by atoms with Crippen LogP contribution >= 0.6 is 23.2 Å². The molecule has 1 radical (unpaired) electrons. The highest BCUT2D eigenvalue weighted by Crippen LogP contribution is 2.13. The summed E-state index contributed by atoms with van der Waals surface area (Å²) in [6.07, 6.45) is 0. The summed E-state index contributed by atoms with van der Waals surface area (Å²) in [6.45, 7) is 0. The molecular formula is C6H3Cl2. The lowest BCUT2D eigenvalue weighted by atomic mass is 10.4. The van der Waals surface area contributed by atoms with Crippen LogP contribution in [0, 0.1) is 6.07 Å². The van der Waals surface area contributed by atoms with E-state index in [-0.39, 0.29) is 0 Å². The zero-order valence-corrected chi connectivity index (χ0v) is 5.50. The molecule has 0 spiro atoms. The number of benzene rings is 1. The first-order chi connectivity index (χ1) is 3.79. The largest absolute Gasteiger partial charge is 0.0843 e. The summed E-state index contributed by atoms with van der Waals surface area (Å²) < 4.78 is 0. The lowest BCUT2D eigenvalue weighted by Gasteiger charge is -1.86. The SMILES string of the molecule is Clc1c[c]cc(Cl)c1. The predicted octanol–water partition coefficient (Wildman–Crippen LogP) is 2.79. The van der Waals surface area contributed by atoms with Crippen molar-refractivity contribution in [1.29, 1.82) is 0 Å². The predicted molar refractivity (Wildman–Crippen MR) is 35.3 cm³/mol. The fraction of sp³-hybridized carbons (Fsp3) is 0. The van der Waals surface area contributed by atoms with Crippen LogP contribution in [-0.2, 0) is 0 Å². The highest BCUT2D eigenvalue weighted by molar-refractivity contribution is 6.34. The van der Waals surface area contributed by atoms with Gasteiger partial charge in [0.15, 0.2) is 0 Å². The van der Waals surface area contributed by atoms with Crippen molar-refractivity contribution in [3.8, 4) is 0 Å². The summed E-state index contributed by atoms with van der Waals surface area (Å²) in [4.78, 5) is 0. The van der Waals surface area contributed by atoms with Gasteiger partial charge in [-0.15, -0.1) is 0 Å². The van der Waals surface area contributed by atoms with Gasteiger partial charge in [0, 0.05) is 10.0 Å². The van der Waals surface area contributed by atoms with Gasteiger partial charge in [-0.3, -0.25) is 0 Å². The van der Waals surface area contributed by atoms with Gasteiger partial charge in [-0.05, 0) is 24.3 Å². The maximum atomic E-state index is 5.53. The molecule has 0 N–H and O–H groups in total. The number of halogens is 2. The first kappa shape index (κ1) is 5.93. The molecule has 0 heterocycles. The topological polar surface area (TPSA) is 0 Å². The first-order valence-corrected chi connectivity index (χ1v) is 2.87. The van der Waals surface area contributed by atoms with E-state index in [1.807, 2.05) is 0 Å². The van der Waals surface area contributed by atoms with Crippen LogP contribution in [0.25, 0.3) is 0 Å². The van der Waals surface area contributed by atoms with Gasteiger partial charge < -0.3 is 0 Å². The molecule has 0 fully saturated rings. The average molecular weight is 146 g/mol. The molecule has 0 amide bonds. The second kappa shape index (κ2) is 2.38. The fourth-order valence-electron chi connectivity index (χ4n) is 0.416. The van der Waals surface area contributed by atoms with Crippen molar-refractivity contribution in [2.45, 2.75) is 0 Å². The zero-order valence-electron chi connectivity index (χ0n) is 3.99. The first-order valence-electron chi connectivity index (χ1n) is 2.11. The van der Waals surface area contributed by atoms with Gasteiger partial charge in [0.05, 0.1) is 0 Å². The number of hydrogen-bond acceptors (Lipinski definition) is 0. The molecule has 0 bridgehead atoms. The van der Waals surface area contributed by atoms with E-state index in [1.165, 1.54) is 0 Å². The molecule has 41 valence electrons. The third kappa shape index (κ3) is 1.39. The molecule has 0 aliphatic rings. The van der Waals surface area contributed by atoms with Gasteiger partial charge in [0.2, 0.25) is 0 Å². The van der Waals surface area contributed by atoms with Crippen molar-refractivity contribution in [3.05, 3.63) is 34.3 Å². The van der Waals surface area contributed by atoms with E-state index in [1.54, 1.807) is 18.2 Å². The van der Waals surface area contributed by atoms with Crippen molar-refractivity contribution in [3.63, 3.8) is 0 Å². The van der Waals surface area contributed by atoms with Gasteiger partial charge in [-0.1, -0.05) is 23.2 Å². The molecule has 1 aromatic carbocycles. The van der Waals surface area contributed by atoms with Crippen LogP contribution in [0.5, 0.6) is 0 Å². The van der Waals surface area contributed by atoms with E-state index in [0.717, 1.165) is 0 Å². The maximum absolute atomic E-state index is 5.53. The molecule has 0 atom stereocenters. The molecule has 1 aromatic rings. The van der Waals surface area contributed by atoms with Crippen LogP contribution in [0.3, 0.4) is 0 Å². The van der Waals surface area contributed by atoms with Crippen LogP contribution in [0.1, 0.15) is 0 Å². The van der Waals surface area contributed by atoms with Crippen LogP contribution in [0.4, 0.5) is 0 Å². The Morgan fingerprint density at radius 1 is 1.12 bits per heavy atom. The van der Waals surface area contributed by atoms with Gasteiger partial charge >= 0.3 is 0 Å². The Morgan fingerprint density at radius 2 is 1.62 bits per heavy atom.